The summed E-state index contributed by atoms with van der Waals surface area (Å²) in [7, 11) is 1.93. The van der Waals surface area contributed by atoms with Crippen LogP contribution in [0.25, 0.3) is 11.4 Å². The summed E-state index contributed by atoms with van der Waals surface area (Å²) in [5.74, 6) is 0.784. The van der Waals surface area contributed by atoms with Crippen molar-refractivity contribution in [3.8, 4) is 11.4 Å². The van der Waals surface area contributed by atoms with Crippen molar-refractivity contribution in [3.63, 3.8) is 0 Å². The van der Waals surface area contributed by atoms with Crippen molar-refractivity contribution in [1.29, 1.82) is 0 Å². The molecule has 0 saturated heterocycles. The van der Waals surface area contributed by atoms with E-state index in [9.17, 15) is 0 Å². The highest BCUT2D eigenvalue weighted by Gasteiger charge is 2.14. The molecule has 0 fully saturated rings. The SMILES string of the molecule is CCN(Cc1ccccc1)Cn1nc(-c2ccccc2Cl)n(C)c1=S. The molecule has 0 saturated carbocycles. The van der Waals surface area contributed by atoms with E-state index in [1.54, 1.807) is 0 Å². The molecule has 0 radical (unpaired) electrons. The number of nitrogens with zero attached hydrogens (tertiary/aromatic N) is 4. The van der Waals surface area contributed by atoms with Crippen LogP contribution in [0.2, 0.25) is 5.02 Å². The predicted molar refractivity (Wildman–Crippen MR) is 105 cm³/mol. The largest absolute Gasteiger partial charge is 0.303 e. The zero-order chi connectivity index (χ0) is 17.8. The molecule has 3 rings (SSSR count). The van der Waals surface area contributed by atoms with E-state index in [1.807, 2.05) is 46.6 Å². The van der Waals surface area contributed by atoms with E-state index in [4.69, 9.17) is 28.9 Å². The van der Waals surface area contributed by atoms with Crippen molar-refractivity contribution in [1.82, 2.24) is 19.2 Å². The van der Waals surface area contributed by atoms with Crippen molar-refractivity contribution in [2.24, 2.45) is 7.05 Å². The van der Waals surface area contributed by atoms with Crippen LogP contribution in [0.5, 0.6) is 0 Å². The summed E-state index contributed by atoms with van der Waals surface area (Å²) in [4.78, 5) is 2.30. The molecule has 2 aromatic carbocycles. The smallest absolute Gasteiger partial charge is 0.199 e. The van der Waals surface area contributed by atoms with E-state index in [0.717, 1.165) is 24.5 Å². The monoisotopic (exact) mass is 372 g/mol. The van der Waals surface area contributed by atoms with Gasteiger partial charge in [-0.2, -0.15) is 5.10 Å². The molecular weight excluding hydrogens is 352 g/mol. The number of rotatable bonds is 6. The fraction of sp³-hybridized carbons (Fsp3) is 0.263. The summed E-state index contributed by atoms with van der Waals surface area (Å²) in [5, 5.41) is 5.39. The van der Waals surface area contributed by atoms with Gasteiger partial charge in [-0.25, -0.2) is 4.68 Å². The van der Waals surface area contributed by atoms with Gasteiger partial charge >= 0.3 is 0 Å². The van der Waals surface area contributed by atoms with Gasteiger partial charge in [0.1, 0.15) is 0 Å². The molecule has 1 aromatic heterocycles. The molecule has 1 heterocycles. The fourth-order valence-corrected chi connectivity index (χ4v) is 3.16. The van der Waals surface area contributed by atoms with Gasteiger partial charge in [0, 0.05) is 19.2 Å². The van der Waals surface area contributed by atoms with Crippen molar-refractivity contribution < 1.29 is 0 Å². The van der Waals surface area contributed by atoms with Crippen molar-refractivity contribution in [2.45, 2.75) is 20.1 Å². The highest BCUT2D eigenvalue weighted by atomic mass is 35.5. The first-order valence-corrected chi connectivity index (χ1v) is 9.03. The third-order valence-corrected chi connectivity index (χ3v) is 5.00. The minimum absolute atomic E-state index is 0.641. The minimum atomic E-state index is 0.641. The molecule has 4 nitrogen and oxygen atoms in total. The van der Waals surface area contributed by atoms with Crippen LogP contribution in [0.3, 0.4) is 0 Å². The van der Waals surface area contributed by atoms with E-state index >= 15 is 0 Å². The highest BCUT2D eigenvalue weighted by Crippen LogP contribution is 2.26. The van der Waals surface area contributed by atoms with E-state index in [0.29, 0.717) is 16.5 Å². The van der Waals surface area contributed by atoms with E-state index in [2.05, 4.69) is 36.1 Å². The van der Waals surface area contributed by atoms with Gasteiger partial charge in [-0.15, -0.1) is 0 Å². The Kier molecular flexibility index (Phi) is 5.68. The van der Waals surface area contributed by atoms with Crippen LogP contribution in [0, 0.1) is 4.77 Å². The molecule has 130 valence electrons. The van der Waals surface area contributed by atoms with Crippen LogP contribution in [-0.4, -0.2) is 25.8 Å². The second kappa shape index (κ2) is 7.95. The highest BCUT2D eigenvalue weighted by molar-refractivity contribution is 7.71. The zero-order valence-corrected chi connectivity index (χ0v) is 16.0. The normalized spacial score (nSPS) is 11.2. The van der Waals surface area contributed by atoms with Crippen LogP contribution in [0.15, 0.2) is 54.6 Å². The number of hydrogen-bond acceptors (Lipinski definition) is 3. The van der Waals surface area contributed by atoms with Gasteiger partial charge in [-0.05, 0) is 36.5 Å². The van der Waals surface area contributed by atoms with Crippen LogP contribution in [-0.2, 0) is 20.3 Å². The maximum Gasteiger partial charge on any atom is 0.199 e. The molecule has 0 atom stereocenters. The Balaban J connectivity index is 1.87. The van der Waals surface area contributed by atoms with Gasteiger partial charge in [-0.3, -0.25) is 4.90 Å². The first-order chi connectivity index (χ1) is 12.1. The number of halogens is 1. The van der Waals surface area contributed by atoms with Crippen molar-refractivity contribution >= 4 is 23.8 Å². The van der Waals surface area contributed by atoms with Gasteiger partial charge in [0.2, 0.25) is 0 Å². The first kappa shape index (κ1) is 17.9. The molecule has 0 N–H and O–H groups in total. The molecule has 0 unspecified atom stereocenters. The second-order valence-corrected chi connectivity index (χ2v) is 6.69. The van der Waals surface area contributed by atoms with Crippen LogP contribution in [0.1, 0.15) is 12.5 Å². The summed E-state index contributed by atoms with van der Waals surface area (Å²) in [5.41, 5.74) is 2.17. The third kappa shape index (κ3) is 4.00. The Morgan fingerprint density at radius 2 is 1.76 bits per heavy atom. The van der Waals surface area contributed by atoms with Crippen LogP contribution >= 0.6 is 23.8 Å². The summed E-state index contributed by atoms with van der Waals surface area (Å²) < 4.78 is 4.45. The minimum Gasteiger partial charge on any atom is -0.303 e. The van der Waals surface area contributed by atoms with Crippen LogP contribution in [0.4, 0.5) is 0 Å². The lowest BCUT2D eigenvalue weighted by atomic mass is 10.2. The van der Waals surface area contributed by atoms with Gasteiger partial charge in [-0.1, -0.05) is 61.0 Å². The number of aromatic nitrogens is 3. The quantitative estimate of drug-likeness (QED) is 0.584. The molecular formula is C19H21ClN4S. The molecule has 6 heteroatoms. The Morgan fingerprint density at radius 3 is 2.44 bits per heavy atom. The predicted octanol–water partition coefficient (Wildman–Crippen LogP) is 4.75. The number of hydrogen-bond donors (Lipinski definition) is 0. The molecule has 0 amide bonds. The molecule has 3 aromatic rings. The van der Waals surface area contributed by atoms with Crippen LogP contribution < -0.4 is 0 Å². The average Bonchev–Trinajstić information content (AvgIpc) is 2.91. The molecule has 0 aliphatic heterocycles. The van der Waals surface area contributed by atoms with Crippen molar-refractivity contribution in [3.05, 3.63) is 70.0 Å². The van der Waals surface area contributed by atoms with Gasteiger partial charge < -0.3 is 4.57 Å². The summed E-state index contributed by atoms with van der Waals surface area (Å²) in [6.45, 7) is 4.55. The Hall–Kier alpha value is -1.95. The van der Waals surface area contributed by atoms with E-state index in [1.165, 1.54) is 5.56 Å². The summed E-state index contributed by atoms with van der Waals surface area (Å²) in [6.07, 6.45) is 0. The van der Waals surface area contributed by atoms with E-state index < -0.39 is 0 Å². The number of benzene rings is 2. The van der Waals surface area contributed by atoms with Gasteiger partial charge in [0.15, 0.2) is 10.6 Å². The molecule has 0 spiro atoms. The molecule has 0 bridgehead atoms. The summed E-state index contributed by atoms with van der Waals surface area (Å²) >= 11 is 11.9. The second-order valence-electron chi connectivity index (χ2n) is 5.92. The topological polar surface area (TPSA) is 26.0 Å². The molecule has 0 aliphatic carbocycles. The summed E-state index contributed by atoms with van der Waals surface area (Å²) in [6, 6.07) is 18.1. The maximum absolute atomic E-state index is 6.33. The Bertz CT molecular complexity index is 901. The van der Waals surface area contributed by atoms with E-state index in [-0.39, 0.29) is 0 Å². The van der Waals surface area contributed by atoms with Gasteiger partial charge in [0.05, 0.1) is 11.7 Å². The average molecular weight is 373 g/mol. The third-order valence-electron chi connectivity index (χ3n) is 4.19. The lowest BCUT2D eigenvalue weighted by molar-refractivity contribution is 0.207. The molecule has 25 heavy (non-hydrogen) atoms. The maximum atomic E-state index is 6.33. The fourth-order valence-electron chi connectivity index (χ4n) is 2.75. The zero-order valence-electron chi connectivity index (χ0n) is 14.4. The standard InChI is InChI=1S/C19H21ClN4S/c1-3-23(13-15-9-5-4-6-10-15)14-24-19(25)22(2)18(21-24)16-11-7-8-12-17(16)20/h4-12H,3,13-14H2,1-2H3. The lowest BCUT2D eigenvalue weighted by Crippen LogP contribution is -2.26. The molecule has 0 aliphatic rings. The van der Waals surface area contributed by atoms with Crippen molar-refractivity contribution in [2.75, 3.05) is 6.54 Å². The Morgan fingerprint density at radius 1 is 1.08 bits per heavy atom. The first-order valence-electron chi connectivity index (χ1n) is 8.25. The Labute approximate surface area is 158 Å². The lowest BCUT2D eigenvalue weighted by Gasteiger charge is -2.20. The van der Waals surface area contributed by atoms with Gasteiger partial charge in [0.25, 0.3) is 0 Å².